The summed E-state index contributed by atoms with van der Waals surface area (Å²) in [5, 5.41) is 0. The quantitative estimate of drug-likeness (QED) is 0.751. The first-order valence-electron chi connectivity index (χ1n) is 7.24. The van der Waals surface area contributed by atoms with E-state index < -0.39 is 11.4 Å². The lowest BCUT2D eigenvalue weighted by Crippen LogP contribution is -2.21. The minimum atomic E-state index is -2.61. The third kappa shape index (κ3) is 4.11. The van der Waals surface area contributed by atoms with Crippen LogP contribution in [0.1, 0.15) is 44.9 Å². The lowest BCUT2D eigenvalue weighted by molar-refractivity contribution is 0.0991. The molecule has 2 aromatic rings. The molecular weight excluding hydrogens is 344 g/mol. The van der Waals surface area contributed by atoms with Gasteiger partial charge in [0, 0.05) is 22.4 Å². The number of ketones is 2. The third-order valence-corrected chi connectivity index (χ3v) is 3.58. The highest BCUT2D eigenvalue weighted by molar-refractivity contribution is 7.73. The van der Waals surface area contributed by atoms with Gasteiger partial charge in [-0.25, -0.2) is 9.97 Å². The summed E-state index contributed by atoms with van der Waals surface area (Å²) in [6.07, 6.45) is 0. The molecule has 0 amide bonds. The molecule has 8 heteroatoms. The predicted octanol–water partition coefficient (Wildman–Crippen LogP) is 2.63. The largest absolute Gasteiger partial charge is 0.299 e. The van der Waals surface area contributed by atoms with Crippen LogP contribution in [0.5, 0.6) is 0 Å². The van der Waals surface area contributed by atoms with Crippen molar-refractivity contribution in [1.29, 1.82) is 0 Å². The first-order valence-corrected chi connectivity index (χ1v) is 8.30. The third-order valence-electron chi connectivity index (χ3n) is 3.58. The molecule has 1 aromatic carbocycles. The first-order chi connectivity index (χ1) is 11.7. The van der Waals surface area contributed by atoms with E-state index in [2.05, 4.69) is 9.97 Å². The van der Waals surface area contributed by atoms with Crippen molar-refractivity contribution < 1.29 is 22.9 Å². The molecule has 3 rings (SSSR count). The molecular formula is C17H16N2O5S. The zero-order valence-electron chi connectivity index (χ0n) is 13.8. The van der Waals surface area contributed by atoms with Crippen LogP contribution in [-0.4, -0.2) is 34.8 Å². The minimum absolute atomic E-state index is 0.117. The van der Waals surface area contributed by atoms with Crippen LogP contribution in [-0.2, 0) is 11.4 Å². The maximum absolute atomic E-state index is 12.7. The number of hydrogen-bond donors (Lipinski definition) is 2. The highest BCUT2D eigenvalue weighted by atomic mass is 32.2. The number of allylic oxidation sites excluding steroid dienone is 2. The Hall–Kier alpha value is -2.55. The van der Waals surface area contributed by atoms with Gasteiger partial charge in [-0.3, -0.25) is 18.7 Å². The number of aromatic nitrogens is 2. The molecule has 0 unspecified atom stereocenters. The van der Waals surface area contributed by atoms with Crippen LogP contribution in [0.2, 0.25) is 0 Å². The van der Waals surface area contributed by atoms with E-state index in [1.54, 1.807) is 44.2 Å². The van der Waals surface area contributed by atoms with E-state index in [9.17, 15) is 9.59 Å². The van der Waals surface area contributed by atoms with E-state index in [-0.39, 0.29) is 11.6 Å². The van der Waals surface area contributed by atoms with E-state index in [1.165, 1.54) is 0 Å². The summed E-state index contributed by atoms with van der Waals surface area (Å²) >= 11 is -2.61. The maximum Gasteiger partial charge on any atom is 0.299 e. The molecule has 0 aliphatic heterocycles. The van der Waals surface area contributed by atoms with E-state index in [4.69, 9.17) is 13.3 Å². The Bertz CT molecular complexity index is 897. The number of carbonyl (C=O) groups is 2. The van der Waals surface area contributed by atoms with Gasteiger partial charge in [0.25, 0.3) is 11.4 Å². The number of benzene rings is 1. The number of fused-ring (bicyclic) bond motifs is 1. The molecule has 1 aliphatic carbocycles. The summed E-state index contributed by atoms with van der Waals surface area (Å²) in [7, 11) is 0. The highest BCUT2D eigenvalue weighted by Gasteiger charge is 2.31. The number of nitrogens with zero attached hydrogens (tertiary/aromatic N) is 2. The van der Waals surface area contributed by atoms with Crippen LogP contribution in [0, 0.1) is 13.8 Å². The minimum Gasteiger partial charge on any atom is -0.289 e. The first kappa shape index (κ1) is 18.8. The van der Waals surface area contributed by atoms with Crippen molar-refractivity contribution in [1.82, 2.24) is 9.97 Å². The fourth-order valence-electron chi connectivity index (χ4n) is 2.65. The van der Waals surface area contributed by atoms with Crippen LogP contribution in [0.25, 0.3) is 5.57 Å². The molecule has 7 nitrogen and oxygen atoms in total. The number of rotatable bonds is 1. The van der Waals surface area contributed by atoms with Crippen LogP contribution >= 0.6 is 0 Å². The molecule has 25 heavy (non-hydrogen) atoms. The fraction of sp³-hybridized carbons (Fsp3) is 0.176. The monoisotopic (exact) mass is 360 g/mol. The Kier molecular flexibility index (Phi) is 5.68. The summed E-state index contributed by atoms with van der Waals surface area (Å²) in [5.41, 5.74) is 3.02. The van der Waals surface area contributed by atoms with Crippen molar-refractivity contribution in [2.45, 2.75) is 20.8 Å². The summed E-state index contributed by atoms with van der Waals surface area (Å²) in [6.45, 7) is 5.30. The Morgan fingerprint density at radius 1 is 0.920 bits per heavy atom. The molecule has 1 aromatic heterocycles. The smallest absolute Gasteiger partial charge is 0.289 e. The van der Waals surface area contributed by atoms with Crippen molar-refractivity contribution in [2.24, 2.45) is 0 Å². The van der Waals surface area contributed by atoms with Crippen LogP contribution < -0.4 is 0 Å². The van der Waals surface area contributed by atoms with Gasteiger partial charge in [0.15, 0.2) is 11.6 Å². The Balaban J connectivity index is 0.000000511. The number of aryl methyl sites for hydroxylation is 2. The van der Waals surface area contributed by atoms with E-state index in [0.717, 1.165) is 5.69 Å². The van der Waals surface area contributed by atoms with Gasteiger partial charge in [-0.05, 0) is 26.8 Å². The van der Waals surface area contributed by atoms with Gasteiger partial charge in [-0.1, -0.05) is 24.3 Å². The second-order valence-corrected chi connectivity index (χ2v) is 5.84. The van der Waals surface area contributed by atoms with Crippen molar-refractivity contribution in [2.75, 3.05) is 0 Å². The Morgan fingerprint density at radius 2 is 1.44 bits per heavy atom. The second kappa shape index (κ2) is 7.56. The van der Waals surface area contributed by atoms with Crippen molar-refractivity contribution >= 4 is 28.5 Å². The van der Waals surface area contributed by atoms with Gasteiger partial charge in [0.2, 0.25) is 0 Å². The summed E-state index contributed by atoms with van der Waals surface area (Å²) in [4.78, 5) is 33.7. The van der Waals surface area contributed by atoms with E-state index in [1.807, 2.05) is 6.92 Å². The van der Waals surface area contributed by atoms with Gasteiger partial charge in [-0.2, -0.15) is 4.21 Å². The zero-order chi connectivity index (χ0) is 18.7. The number of Topliss-reactive ketones (excluding diaryl/α,β-unsaturated/α-hetero) is 2. The molecule has 1 aliphatic rings. The van der Waals surface area contributed by atoms with Gasteiger partial charge in [-0.15, -0.1) is 0 Å². The van der Waals surface area contributed by atoms with Crippen molar-refractivity contribution in [3.63, 3.8) is 0 Å². The molecule has 1 heterocycles. The molecule has 0 fully saturated rings. The lowest BCUT2D eigenvalue weighted by Gasteiger charge is -2.18. The van der Waals surface area contributed by atoms with Crippen LogP contribution in [0.3, 0.4) is 0 Å². The van der Waals surface area contributed by atoms with Gasteiger partial charge < -0.3 is 0 Å². The van der Waals surface area contributed by atoms with Gasteiger partial charge in [0.05, 0.1) is 11.3 Å². The van der Waals surface area contributed by atoms with E-state index >= 15 is 0 Å². The molecule has 0 bridgehead atoms. The topological polar surface area (TPSA) is 117 Å². The summed E-state index contributed by atoms with van der Waals surface area (Å²) in [6, 6.07) is 8.64. The summed E-state index contributed by atoms with van der Waals surface area (Å²) < 4.78 is 22.8. The second-order valence-electron chi connectivity index (χ2n) is 5.38. The van der Waals surface area contributed by atoms with Crippen molar-refractivity contribution in [3.8, 4) is 0 Å². The fourth-order valence-corrected chi connectivity index (χ4v) is 2.65. The predicted molar refractivity (Wildman–Crippen MR) is 92.6 cm³/mol. The molecule has 2 N–H and O–H groups in total. The normalized spacial score (nSPS) is 13.5. The molecule has 0 atom stereocenters. The molecule has 130 valence electrons. The molecule has 0 radical (unpaired) electrons. The Labute approximate surface area is 146 Å². The number of carbonyl (C=O) groups excluding carboxylic acids is 2. The molecule has 0 saturated heterocycles. The Morgan fingerprint density at radius 3 is 1.96 bits per heavy atom. The van der Waals surface area contributed by atoms with Crippen LogP contribution in [0.15, 0.2) is 35.9 Å². The molecule has 0 spiro atoms. The van der Waals surface area contributed by atoms with Gasteiger partial charge >= 0.3 is 0 Å². The zero-order valence-corrected chi connectivity index (χ0v) is 14.6. The average Bonchev–Trinajstić information content (AvgIpc) is 2.51. The highest BCUT2D eigenvalue weighted by Crippen LogP contribution is 2.31. The SMILES string of the molecule is CC1=C(c2cc(C)nc(C)n2)C(=O)c2ccccc2C1=O.O=S(O)O. The lowest BCUT2D eigenvalue weighted by atomic mass is 9.83. The molecule has 0 saturated carbocycles. The number of hydrogen-bond acceptors (Lipinski definition) is 5. The van der Waals surface area contributed by atoms with Crippen molar-refractivity contribution in [3.05, 3.63) is 64.2 Å². The maximum atomic E-state index is 12.7. The average molecular weight is 360 g/mol. The van der Waals surface area contributed by atoms with Crippen LogP contribution in [0.4, 0.5) is 0 Å². The van der Waals surface area contributed by atoms with Gasteiger partial charge in [0.1, 0.15) is 5.82 Å². The standard InChI is InChI=1S/C17H14N2O2.H2O3S/c1-9-8-14(19-11(3)18-9)15-10(2)16(20)12-6-4-5-7-13(12)17(15)21;1-4(2)3/h4-8H,1-3H3;(H2,1,2,3). The van der Waals surface area contributed by atoms with E-state index in [0.29, 0.717) is 33.8 Å². The summed E-state index contributed by atoms with van der Waals surface area (Å²) in [5.74, 6) is 0.318.